The Morgan fingerprint density at radius 1 is 1.40 bits per heavy atom. The lowest BCUT2D eigenvalue weighted by Gasteiger charge is -2.22. The van der Waals surface area contributed by atoms with Gasteiger partial charge in [-0.2, -0.15) is 5.10 Å². The lowest BCUT2D eigenvalue weighted by atomic mass is 10.0. The van der Waals surface area contributed by atoms with Crippen LogP contribution in [-0.4, -0.2) is 40.9 Å². The van der Waals surface area contributed by atoms with Crippen LogP contribution in [0.1, 0.15) is 30.7 Å². The minimum atomic E-state index is -0.0596. The summed E-state index contributed by atoms with van der Waals surface area (Å²) in [5.41, 5.74) is 1.81. The maximum absolute atomic E-state index is 12.1. The van der Waals surface area contributed by atoms with E-state index >= 15 is 0 Å². The molecule has 2 aromatic rings. The molecule has 0 aliphatic carbocycles. The van der Waals surface area contributed by atoms with Gasteiger partial charge in [-0.15, -0.1) is 0 Å². The summed E-state index contributed by atoms with van der Waals surface area (Å²) in [6.07, 6.45) is 4.40. The van der Waals surface area contributed by atoms with Crippen molar-refractivity contribution in [3.05, 3.63) is 35.9 Å². The fourth-order valence-electron chi connectivity index (χ4n) is 2.76. The summed E-state index contributed by atoms with van der Waals surface area (Å²) in [6.45, 7) is 4.32. The molecule has 1 amide bonds. The largest absolute Gasteiger partial charge is 0.493 e. The van der Waals surface area contributed by atoms with Crippen molar-refractivity contribution in [1.29, 1.82) is 0 Å². The van der Waals surface area contributed by atoms with Gasteiger partial charge in [0, 0.05) is 37.8 Å². The van der Waals surface area contributed by atoms with Crippen LogP contribution in [0.5, 0.6) is 5.75 Å². The van der Waals surface area contributed by atoms with Gasteiger partial charge in [-0.3, -0.25) is 9.89 Å². The van der Waals surface area contributed by atoms with Crippen molar-refractivity contribution in [3.63, 3.8) is 0 Å². The predicted octanol–water partition coefficient (Wildman–Crippen LogP) is 2.49. The van der Waals surface area contributed by atoms with E-state index in [4.69, 9.17) is 9.47 Å². The van der Waals surface area contributed by atoms with E-state index in [0.29, 0.717) is 31.2 Å². The number of carbonyl (C=O) groups is 1. The summed E-state index contributed by atoms with van der Waals surface area (Å²) >= 11 is 0. The topological polar surface area (TPSA) is 89.1 Å². The molecule has 7 heteroatoms. The number of aromatic amines is 1. The van der Waals surface area contributed by atoms with Gasteiger partial charge in [-0.25, -0.2) is 4.98 Å². The fraction of sp³-hybridized carbons (Fsp3) is 0.500. The molecule has 0 radical (unpaired) electrons. The number of aryl methyl sites for hydroxylation is 2. The van der Waals surface area contributed by atoms with Gasteiger partial charge >= 0.3 is 0 Å². The summed E-state index contributed by atoms with van der Waals surface area (Å²) in [4.78, 5) is 16.1. The molecule has 3 rings (SSSR count). The summed E-state index contributed by atoms with van der Waals surface area (Å²) in [6, 6.07) is 5.75. The molecule has 2 N–H and O–H groups in total. The Balaban J connectivity index is 1.52. The number of nitrogens with one attached hydrogen (secondary N) is 2. The van der Waals surface area contributed by atoms with Crippen LogP contribution in [0.25, 0.3) is 0 Å². The predicted molar refractivity (Wildman–Crippen MR) is 93.6 cm³/mol. The van der Waals surface area contributed by atoms with E-state index in [1.165, 1.54) is 6.33 Å². The first-order valence-electron chi connectivity index (χ1n) is 8.66. The third kappa shape index (κ3) is 5.29. The van der Waals surface area contributed by atoms with Crippen LogP contribution < -0.4 is 10.1 Å². The smallest absolute Gasteiger partial charge is 0.224 e. The molecule has 0 unspecified atom stereocenters. The molecule has 1 aliphatic rings. The van der Waals surface area contributed by atoms with Gasteiger partial charge in [0.05, 0.1) is 6.61 Å². The maximum Gasteiger partial charge on any atom is 0.224 e. The lowest BCUT2D eigenvalue weighted by Crippen LogP contribution is -2.21. The monoisotopic (exact) mass is 344 g/mol. The van der Waals surface area contributed by atoms with Crippen molar-refractivity contribution in [2.75, 3.05) is 25.1 Å². The minimum Gasteiger partial charge on any atom is -0.493 e. The van der Waals surface area contributed by atoms with Crippen molar-refractivity contribution in [3.8, 4) is 5.75 Å². The molecule has 25 heavy (non-hydrogen) atoms. The Bertz CT molecular complexity index is 682. The number of anilines is 1. The Morgan fingerprint density at radius 2 is 2.24 bits per heavy atom. The number of ether oxygens (including phenoxy) is 2. The van der Waals surface area contributed by atoms with E-state index in [1.807, 2.05) is 25.1 Å². The average molecular weight is 344 g/mol. The van der Waals surface area contributed by atoms with Gasteiger partial charge < -0.3 is 14.8 Å². The molecule has 1 fully saturated rings. The van der Waals surface area contributed by atoms with Crippen LogP contribution in [0, 0.1) is 12.8 Å². The molecule has 7 nitrogen and oxygen atoms in total. The zero-order chi connectivity index (χ0) is 17.5. The molecular weight excluding hydrogens is 320 g/mol. The number of nitrogens with zero attached hydrogens (tertiary/aromatic N) is 2. The van der Waals surface area contributed by atoms with Gasteiger partial charge in [0.1, 0.15) is 17.9 Å². The van der Waals surface area contributed by atoms with Gasteiger partial charge in [0.2, 0.25) is 5.91 Å². The second kappa shape index (κ2) is 8.62. The van der Waals surface area contributed by atoms with Crippen molar-refractivity contribution in [1.82, 2.24) is 15.2 Å². The van der Waals surface area contributed by atoms with Crippen LogP contribution in [0.2, 0.25) is 0 Å². The van der Waals surface area contributed by atoms with Gasteiger partial charge in [-0.1, -0.05) is 6.07 Å². The zero-order valence-electron chi connectivity index (χ0n) is 14.5. The zero-order valence-corrected chi connectivity index (χ0v) is 14.5. The molecule has 0 saturated carbocycles. The number of amides is 1. The number of H-pyrrole nitrogens is 1. The first-order chi connectivity index (χ1) is 12.2. The van der Waals surface area contributed by atoms with Gasteiger partial charge in [-0.05, 0) is 37.3 Å². The number of benzene rings is 1. The minimum absolute atomic E-state index is 0.0596. The second-order valence-electron chi connectivity index (χ2n) is 6.33. The Kier molecular flexibility index (Phi) is 6.00. The summed E-state index contributed by atoms with van der Waals surface area (Å²) in [5, 5.41) is 9.43. The first-order valence-corrected chi connectivity index (χ1v) is 8.66. The molecule has 1 aromatic heterocycles. The fourth-order valence-corrected chi connectivity index (χ4v) is 2.76. The van der Waals surface area contributed by atoms with Crippen molar-refractivity contribution in [2.24, 2.45) is 5.92 Å². The van der Waals surface area contributed by atoms with Crippen molar-refractivity contribution >= 4 is 11.6 Å². The molecule has 1 saturated heterocycles. The molecule has 1 aromatic carbocycles. The molecular formula is C18H24N4O3. The molecule has 2 heterocycles. The average Bonchev–Trinajstić information content (AvgIpc) is 3.15. The van der Waals surface area contributed by atoms with E-state index < -0.39 is 0 Å². The van der Waals surface area contributed by atoms with E-state index in [-0.39, 0.29) is 5.91 Å². The highest BCUT2D eigenvalue weighted by atomic mass is 16.5. The van der Waals surface area contributed by atoms with Crippen LogP contribution in [0.4, 0.5) is 5.69 Å². The van der Waals surface area contributed by atoms with Crippen LogP contribution in [0.3, 0.4) is 0 Å². The summed E-state index contributed by atoms with van der Waals surface area (Å²) in [7, 11) is 0. The highest BCUT2D eigenvalue weighted by Crippen LogP contribution is 2.25. The molecule has 0 atom stereocenters. The van der Waals surface area contributed by atoms with Crippen molar-refractivity contribution < 1.29 is 14.3 Å². The van der Waals surface area contributed by atoms with E-state index in [1.54, 1.807) is 0 Å². The first kappa shape index (κ1) is 17.4. The van der Waals surface area contributed by atoms with E-state index in [2.05, 4.69) is 20.5 Å². The number of hydrogen-bond donors (Lipinski definition) is 2. The molecule has 1 aliphatic heterocycles. The van der Waals surface area contributed by atoms with Crippen molar-refractivity contribution in [2.45, 2.75) is 32.6 Å². The Labute approximate surface area is 147 Å². The highest BCUT2D eigenvalue weighted by Gasteiger charge is 2.15. The van der Waals surface area contributed by atoms with Gasteiger partial charge in [0.25, 0.3) is 0 Å². The van der Waals surface area contributed by atoms with Crippen LogP contribution in [-0.2, 0) is 16.0 Å². The standard InChI is InChI=1S/C18H24N4O3/c1-13-2-3-15(21-18(23)5-4-17-19-12-20-22-17)10-16(13)25-11-14-6-8-24-9-7-14/h2-3,10,12,14H,4-9,11H2,1H3,(H,21,23)(H,19,20,22). The third-order valence-corrected chi connectivity index (χ3v) is 4.34. The van der Waals surface area contributed by atoms with Crippen LogP contribution in [0.15, 0.2) is 24.5 Å². The summed E-state index contributed by atoms with van der Waals surface area (Å²) < 4.78 is 11.4. The Hall–Kier alpha value is -2.41. The lowest BCUT2D eigenvalue weighted by molar-refractivity contribution is -0.116. The number of carbonyl (C=O) groups excluding carboxylic acids is 1. The summed E-state index contributed by atoms with van der Waals surface area (Å²) in [5.74, 6) is 2.00. The number of rotatable bonds is 7. The van der Waals surface area contributed by atoms with E-state index in [0.717, 1.165) is 43.1 Å². The third-order valence-electron chi connectivity index (χ3n) is 4.34. The van der Waals surface area contributed by atoms with E-state index in [9.17, 15) is 4.79 Å². The molecule has 0 bridgehead atoms. The highest BCUT2D eigenvalue weighted by molar-refractivity contribution is 5.91. The second-order valence-corrected chi connectivity index (χ2v) is 6.33. The molecule has 0 spiro atoms. The quantitative estimate of drug-likeness (QED) is 0.805. The normalized spacial score (nSPS) is 15.1. The Morgan fingerprint density at radius 3 is 3.00 bits per heavy atom. The number of aromatic nitrogens is 3. The molecule has 134 valence electrons. The van der Waals surface area contributed by atoms with Gasteiger partial charge in [0.15, 0.2) is 0 Å². The van der Waals surface area contributed by atoms with Crippen LogP contribution >= 0.6 is 0 Å². The SMILES string of the molecule is Cc1ccc(NC(=O)CCc2ncn[nH]2)cc1OCC1CCOCC1. The maximum atomic E-state index is 12.1. The number of hydrogen-bond acceptors (Lipinski definition) is 5.